The van der Waals surface area contributed by atoms with E-state index in [0.29, 0.717) is 26.2 Å². The van der Waals surface area contributed by atoms with E-state index in [4.69, 9.17) is 9.47 Å². The molecule has 0 bridgehead atoms. The van der Waals surface area contributed by atoms with Crippen molar-refractivity contribution in [3.8, 4) is 11.5 Å². The van der Waals surface area contributed by atoms with Crippen LogP contribution in [-0.4, -0.2) is 51.2 Å². The van der Waals surface area contributed by atoms with Crippen LogP contribution in [0.3, 0.4) is 0 Å². The molecule has 0 unspecified atom stereocenters. The minimum Gasteiger partial charge on any atom is -0.497 e. The first-order valence-corrected chi connectivity index (χ1v) is 8.15. The van der Waals surface area contributed by atoms with Crippen LogP contribution in [0.15, 0.2) is 42.5 Å². The minimum atomic E-state index is -0.480. The van der Waals surface area contributed by atoms with Gasteiger partial charge in [0.1, 0.15) is 17.3 Å². The van der Waals surface area contributed by atoms with Gasteiger partial charge in [-0.1, -0.05) is 12.1 Å². The highest BCUT2D eigenvalue weighted by molar-refractivity contribution is 5.94. The summed E-state index contributed by atoms with van der Waals surface area (Å²) >= 11 is 0. The number of anilines is 1. The van der Waals surface area contributed by atoms with Gasteiger partial charge in [0.15, 0.2) is 0 Å². The fourth-order valence-electron chi connectivity index (χ4n) is 3.00. The molecule has 1 saturated heterocycles. The lowest BCUT2D eigenvalue weighted by Crippen LogP contribution is -2.49. The summed E-state index contributed by atoms with van der Waals surface area (Å²) in [5.74, 6) is 0.716. The topological polar surface area (TPSA) is 42.0 Å². The van der Waals surface area contributed by atoms with Gasteiger partial charge in [0.25, 0.3) is 5.91 Å². The Bertz CT molecular complexity index is 758. The molecule has 2 aromatic rings. The maximum atomic E-state index is 13.8. The lowest BCUT2D eigenvalue weighted by Gasteiger charge is -2.36. The summed E-state index contributed by atoms with van der Waals surface area (Å²) < 4.78 is 24.5. The van der Waals surface area contributed by atoms with Crippen LogP contribution in [0.2, 0.25) is 0 Å². The Balaban J connectivity index is 1.70. The van der Waals surface area contributed by atoms with Gasteiger partial charge in [-0.25, -0.2) is 4.39 Å². The van der Waals surface area contributed by atoms with Gasteiger partial charge < -0.3 is 19.3 Å². The molecule has 0 radical (unpaired) electrons. The van der Waals surface area contributed by atoms with Crippen LogP contribution in [0, 0.1) is 5.82 Å². The Hall–Kier alpha value is -2.76. The molecule has 1 fully saturated rings. The zero-order valence-corrected chi connectivity index (χ0v) is 14.4. The molecule has 0 N–H and O–H groups in total. The monoisotopic (exact) mass is 344 g/mol. The molecule has 1 aliphatic heterocycles. The quantitative estimate of drug-likeness (QED) is 0.855. The maximum absolute atomic E-state index is 13.8. The molecule has 1 aliphatic rings. The largest absolute Gasteiger partial charge is 0.497 e. The highest BCUT2D eigenvalue weighted by Gasteiger charge is 2.25. The predicted molar refractivity (Wildman–Crippen MR) is 94.1 cm³/mol. The average Bonchev–Trinajstić information content (AvgIpc) is 2.67. The summed E-state index contributed by atoms with van der Waals surface area (Å²) in [7, 11) is 3.23. The van der Waals surface area contributed by atoms with E-state index in [1.807, 2.05) is 18.2 Å². The van der Waals surface area contributed by atoms with Crippen molar-refractivity contribution < 1.29 is 18.7 Å². The molecule has 6 heteroatoms. The normalized spacial score (nSPS) is 14.4. The average molecular weight is 344 g/mol. The lowest BCUT2D eigenvalue weighted by molar-refractivity contribution is 0.0742. The zero-order chi connectivity index (χ0) is 17.8. The van der Waals surface area contributed by atoms with E-state index < -0.39 is 5.82 Å². The van der Waals surface area contributed by atoms with E-state index in [-0.39, 0.29) is 11.5 Å². The van der Waals surface area contributed by atoms with Gasteiger partial charge >= 0.3 is 0 Å². The molecule has 132 valence electrons. The van der Waals surface area contributed by atoms with Crippen molar-refractivity contribution in [3.63, 3.8) is 0 Å². The van der Waals surface area contributed by atoms with Crippen molar-refractivity contribution in [2.45, 2.75) is 0 Å². The van der Waals surface area contributed by atoms with Gasteiger partial charge in [-0.05, 0) is 24.3 Å². The Labute approximate surface area is 146 Å². The number of piperazine rings is 1. The number of carbonyl (C=O) groups is 1. The van der Waals surface area contributed by atoms with Crippen molar-refractivity contribution in [1.82, 2.24) is 4.90 Å². The number of carbonyl (C=O) groups excluding carboxylic acids is 1. The van der Waals surface area contributed by atoms with Gasteiger partial charge in [-0.2, -0.15) is 0 Å². The Morgan fingerprint density at radius 3 is 2.36 bits per heavy atom. The fraction of sp³-hybridized carbons (Fsp3) is 0.316. The van der Waals surface area contributed by atoms with Crippen LogP contribution < -0.4 is 14.4 Å². The predicted octanol–water partition coefficient (Wildman–Crippen LogP) is 2.81. The smallest absolute Gasteiger partial charge is 0.256 e. The standard InChI is InChI=1S/C19H21FN2O3/c1-24-14-7-8-17(18(13-14)25-2)21-9-11-22(12-10-21)19(23)15-5-3-4-6-16(15)20/h3-8,13H,9-12H2,1-2H3. The first-order valence-electron chi connectivity index (χ1n) is 8.15. The number of methoxy groups -OCH3 is 2. The van der Waals surface area contributed by atoms with Crippen molar-refractivity contribution in [1.29, 1.82) is 0 Å². The third kappa shape index (κ3) is 3.52. The molecule has 0 atom stereocenters. The molecule has 5 nitrogen and oxygen atoms in total. The van der Waals surface area contributed by atoms with Crippen molar-refractivity contribution in [2.24, 2.45) is 0 Å². The number of benzene rings is 2. The van der Waals surface area contributed by atoms with E-state index >= 15 is 0 Å². The molecule has 25 heavy (non-hydrogen) atoms. The summed E-state index contributed by atoms with van der Waals surface area (Å²) in [4.78, 5) is 16.3. The molecule has 0 aliphatic carbocycles. The Kier molecular flexibility index (Phi) is 5.07. The van der Waals surface area contributed by atoms with Crippen molar-refractivity contribution >= 4 is 11.6 Å². The second-order valence-electron chi connectivity index (χ2n) is 5.80. The van der Waals surface area contributed by atoms with Gasteiger partial charge in [0.05, 0.1) is 25.5 Å². The second kappa shape index (κ2) is 7.42. The molecule has 2 aromatic carbocycles. The number of amides is 1. The van der Waals surface area contributed by atoms with E-state index in [0.717, 1.165) is 17.2 Å². The fourth-order valence-corrected chi connectivity index (χ4v) is 3.00. The van der Waals surface area contributed by atoms with E-state index in [2.05, 4.69) is 4.90 Å². The highest BCUT2D eigenvalue weighted by atomic mass is 19.1. The van der Waals surface area contributed by atoms with Crippen LogP contribution >= 0.6 is 0 Å². The lowest BCUT2D eigenvalue weighted by atomic mass is 10.1. The summed E-state index contributed by atoms with van der Waals surface area (Å²) in [6.07, 6.45) is 0. The van der Waals surface area contributed by atoms with Crippen molar-refractivity contribution in [3.05, 3.63) is 53.8 Å². The van der Waals surface area contributed by atoms with E-state index in [1.54, 1.807) is 31.3 Å². The number of hydrogen-bond donors (Lipinski definition) is 0. The molecule has 0 spiro atoms. The summed E-state index contributed by atoms with van der Waals surface area (Å²) in [6.45, 7) is 2.37. The second-order valence-corrected chi connectivity index (χ2v) is 5.80. The summed E-state index contributed by atoms with van der Waals surface area (Å²) in [5, 5.41) is 0. The van der Waals surface area contributed by atoms with Gasteiger partial charge in [0.2, 0.25) is 0 Å². The van der Waals surface area contributed by atoms with Crippen LogP contribution in [0.25, 0.3) is 0 Å². The zero-order valence-electron chi connectivity index (χ0n) is 14.4. The van der Waals surface area contributed by atoms with Crippen molar-refractivity contribution in [2.75, 3.05) is 45.3 Å². The number of rotatable bonds is 4. The Morgan fingerprint density at radius 1 is 1.00 bits per heavy atom. The summed E-state index contributed by atoms with van der Waals surface area (Å²) in [6, 6.07) is 11.8. The summed E-state index contributed by atoms with van der Waals surface area (Å²) in [5.41, 5.74) is 1.08. The third-order valence-corrected chi connectivity index (χ3v) is 4.40. The number of halogens is 1. The first-order chi connectivity index (χ1) is 12.1. The molecule has 0 saturated carbocycles. The number of ether oxygens (including phenoxy) is 2. The van der Waals surface area contributed by atoms with Gasteiger partial charge in [0, 0.05) is 32.2 Å². The van der Waals surface area contributed by atoms with Crippen LogP contribution in [0.5, 0.6) is 11.5 Å². The molecule has 0 aromatic heterocycles. The van der Waals surface area contributed by atoms with Crippen LogP contribution in [0.1, 0.15) is 10.4 Å². The SMILES string of the molecule is COc1ccc(N2CCN(C(=O)c3ccccc3F)CC2)c(OC)c1. The number of hydrogen-bond acceptors (Lipinski definition) is 4. The molecular weight excluding hydrogens is 323 g/mol. The Morgan fingerprint density at radius 2 is 1.72 bits per heavy atom. The van der Waals surface area contributed by atoms with Gasteiger partial charge in [-0.3, -0.25) is 4.79 Å². The molecule has 1 heterocycles. The first kappa shape index (κ1) is 17.1. The minimum absolute atomic E-state index is 0.123. The van der Waals surface area contributed by atoms with Gasteiger partial charge in [-0.15, -0.1) is 0 Å². The van der Waals surface area contributed by atoms with Crippen LogP contribution in [0.4, 0.5) is 10.1 Å². The van der Waals surface area contributed by atoms with E-state index in [9.17, 15) is 9.18 Å². The van der Waals surface area contributed by atoms with E-state index in [1.165, 1.54) is 12.1 Å². The molecular formula is C19H21FN2O3. The highest BCUT2D eigenvalue weighted by Crippen LogP contribution is 2.32. The molecule has 1 amide bonds. The molecule has 3 rings (SSSR count). The maximum Gasteiger partial charge on any atom is 0.256 e. The van der Waals surface area contributed by atoms with Crippen LogP contribution in [-0.2, 0) is 0 Å². The third-order valence-electron chi connectivity index (χ3n) is 4.40. The number of nitrogens with zero attached hydrogens (tertiary/aromatic N) is 2.